The molecule has 1 heterocycles. The molecule has 0 fully saturated rings. The average molecular weight is 1210 g/mol. The zero-order chi connectivity index (χ0) is 64.6. The number of aromatic amines is 1. The van der Waals surface area contributed by atoms with Gasteiger partial charge in [-0.15, -0.1) is 0 Å². The normalized spacial score (nSPS) is 14.6. The first-order valence-corrected chi connectivity index (χ1v) is 28.6. The number of ketones is 4. The standard InChI is InChI=1S/C56H91N17O13/c1-5-42(76)48(46(80)21-33(10-7-17-67-55(61)62)51(84)72-41(26-47(57)81)44(78)22-34(49(58)82)20-32-12-14-38(75)15-13-32)73-53(86)36(28-74)24-45(79)40(25-37-27-65-29-69-37)71-52(85)35(19-30(2)3)23-43(77)39(11-8-18-68-56(63)64)70-50(83)31(4)9-6-16-66-54(59)60/h12-15,27,29-31,33-36,39-42,48,74-76H,5-11,16-26,28H2,1-4H3,(H2,57,81)(H2,58,82)(H,65,69)(H,70,83)(H,71,85)(H,72,84)(H,73,86)(H4,59,60,66)(H4,61,62,67)(H4,63,64,68)/t31-,33+,34+,35+,36-,39-,40-,41-,42+,48-/m0/s1. The van der Waals surface area contributed by atoms with E-state index in [1.165, 1.54) is 43.7 Å². The Kier molecular flexibility index (Phi) is 32.9. The third-order valence-electron chi connectivity index (χ3n) is 14.1. The number of aromatic nitrogens is 2. The molecule has 0 saturated heterocycles. The number of nitrogens with two attached hydrogens (primary N) is 8. The molecule has 0 radical (unpaired) electrons. The number of aliphatic hydroxyl groups excluding tert-OH is 2. The van der Waals surface area contributed by atoms with Crippen LogP contribution in [-0.2, 0) is 60.8 Å². The number of phenols is 1. The molecule has 0 unspecified atom stereocenters. The fraction of sp³-hybridized carbons (Fsp3) is 0.607. The zero-order valence-electron chi connectivity index (χ0n) is 49.6. The summed E-state index contributed by atoms with van der Waals surface area (Å²) in [6.45, 7) is 6.31. The van der Waals surface area contributed by atoms with E-state index in [0.717, 1.165) is 0 Å². The summed E-state index contributed by atoms with van der Waals surface area (Å²) >= 11 is 0. The number of imidazole rings is 1. The van der Waals surface area contributed by atoms with E-state index in [9.17, 15) is 63.3 Å². The third kappa shape index (κ3) is 28.4. The Labute approximate surface area is 500 Å². The van der Waals surface area contributed by atoms with E-state index in [1.54, 1.807) is 6.92 Å². The predicted molar refractivity (Wildman–Crippen MR) is 319 cm³/mol. The Morgan fingerprint density at radius 2 is 1.06 bits per heavy atom. The lowest BCUT2D eigenvalue weighted by atomic mass is 9.87. The minimum absolute atomic E-state index is 0.0167. The number of primary amides is 2. The highest BCUT2D eigenvalue weighted by molar-refractivity contribution is 5.99. The van der Waals surface area contributed by atoms with Gasteiger partial charge in [0.15, 0.2) is 41.0 Å². The van der Waals surface area contributed by atoms with Crippen LogP contribution in [0.1, 0.15) is 122 Å². The molecule has 24 N–H and O–H groups in total. The first kappa shape index (κ1) is 73.6. The molecule has 6 amide bonds. The summed E-state index contributed by atoms with van der Waals surface area (Å²) < 4.78 is 0. The van der Waals surface area contributed by atoms with Crippen LogP contribution in [0.25, 0.3) is 0 Å². The number of amides is 6. The van der Waals surface area contributed by atoms with Crippen molar-refractivity contribution < 1.29 is 63.3 Å². The molecule has 1 aromatic carbocycles. The Morgan fingerprint density at radius 1 is 0.570 bits per heavy atom. The SMILES string of the molecule is CC[C@@H](O)[C@H](NC(=O)[C@H](CO)CC(=O)[C@H](Cc1cnc[nH]1)NC(=O)[C@@H](CC(=O)[C@H](CCCN=C(N)N)NC(=O)[C@@H](C)CCCN=C(N)N)CC(C)C)C(=O)C[C@@H](CCCN=C(N)N)C(=O)N[C@@H](CC(N)=O)C(=O)C[C@@H](Cc1ccc(O)cc1)C(N)=O. The maximum Gasteiger partial charge on any atom is 0.226 e. The van der Waals surface area contributed by atoms with Gasteiger partial charge in [-0.1, -0.05) is 39.8 Å². The van der Waals surface area contributed by atoms with Gasteiger partial charge in [-0.3, -0.25) is 62.9 Å². The number of Topliss-reactive ketones (excluding diaryl/α,β-unsaturated/α-hetero) is 4. The number of H-pyrrole nitrogens is 1. The van der Waals surface area contributed by atoms with Crippen molar-refractivity contribution in [2.75, 3.05) is 26.2 Å². The maximum atomic E-state index is 14.4. The van der Waals surface area contributed by atoms with Gasteiger partial charge in [0.1, 0.15) is 11.8 Å². The molecule has 30 nitrogen and oxygen atoms in total. The average Bonchev–Trinajstić information content (AvgIpc) is 3.92. The summed E-state index contributed by atoms with van der Waals surface area (Å²) in [5.41, 5.74) is 44.9. The molecule has 2 aromatic rings. The van der Waals surface area contributed by atoms with Crippen molar-refractivity contribution in [1.82, 2.24) is 31.2 Å². The number of guanidine groups is 3. The Morgan fingerprint density at radius 3 is 1.58 bits per heavy atom. The van der Waals surface area contributed by atoms with Crippen molar-refractivity contribution in [3.8, 4) is 5.75 Å². The summed E-state index contributed by atoms with van der Waals surface area (Å²) in [7, 11) is 0. The van der Waals surface area contributed by atoms with E-state index in [1.807, 2.05) is 13.8 Å². The van der Waals surface area contributed by atoms with E-state index in [0.29, 0.717) is 24.1 Å². The number of rotatable bonds is 44. The Bertz CT molecular complexity index is 2640. The minimum Gasteiger partial charge on any atom is -0.508 e. The van der Waals surface area contributed by atoms with Gasteiger partial charge in [0, 0.05) is 87.3 Å². The second kappa shape index (κ2) is 38.4. The van der Waals surface area contributed by atoms with Gasteiger partial charge in [0.05, 0.1) is 49.5 Å². The Balaban J connectivity index is 2.43. The van der Waals surface area contributed by atoms with Crippen LogP contribution in [0.15, 0.2) is 51.8 Å². The van der Waals surface area contributed by atoms with Gasteiger partial charge in [-0.2, -0.15) is 0 Å². The van der Waals surface area contributed by atoms with Crippen LogP contribution < -0.4 is 67.1 Å². The number of carbonyl (C=O) groups excluding carboxylic acids is 10. The molecule has 0 aliphatic heterocycles. The quantitative estimate of drug-likeness (QED) is 0.0180. The van der Waals surface area contributed by atoms with Crippen molar-refractivity contribution in [2.24, 2.45) is 96.4 Å². The fourth-order valence-electron chi connectivity index (χ4n) is 9.33. The maximum absolute atomic E-state index is 14.4. The van der Waals surface area contributed by atoms with Crippen molar-refractivity contribution in [2.45, 2.75) is 154 Å². The molecule has 10 atom stereocenters. The highest BCUT2D eigenvalue weighted by Gasteiger charge is 2.37. The van der Waals surface area contributed by atoms with Gasteiger partial charge >= 0.3 is 0 Å². The van der Waals surface area contributed by atoms with E-state index in [-0.39, 0.29) is 107 Å². The first-order chi connectivity index (χ1) is 40.5. The summed E-state index contributed by atoms with van der Waals surface area (Å²) in [6.07, 6.45) is -0.772. The van der Waals surface area contributed by atoms with E-state index in [4.69, 9.17) is 45.9 Å². The lowest BCUT2D eigenvalue weighted by Crippen LogP contribution is -2.53. The number of phenolic OH excluding ortho intramolecular Hbond substituents is 1. The molecule has 0 spiro atoms. The Hall–Kier alpha value is -8.54. The molecule has 0 aliphatic rings. The number of benzene rings is 1. The number of nitrogens with one attached hydrogen (secondary N) is 5. The third-order valence-corrected chi connectivity index (χ3v) is 14.1. The molecule has 1 aromatic heterocycles. The molecule has 0 bridgehead atoms. The summed E-state index contributed by atoms with van der Waals surface area (Å²) in [5, 5.41) is 42.0. The highest BCUT2D eigenvalue weighted by Crippen LogP contribution is 2.23. The van der Waals surface area contributed by atoms with Crippen LogP contribution in [0, 0.1) is 35.5 Å². The van der Waals surface area contributed by atoms with Gasteiger partial charge in [-0.05, 0) is 81.4 Å². The van der Waals surface area contributed by atoms with Gasteiger partial charge in [0.2, 0.25) is 35.4 Å². The smallest absolute Gasteiger partial charge is 0.226 e. The number of aliphatic hydroxyl groups is 2. The minimum atomic E-state index is -1.74. The van der Waals surface area contributed by atoms with Crippen molar-refractivity contribution in [3.63, 3.8) is 0 Å². The van der Waals surface area contributed by atoms with Crippen LogP contribution in [0.2, 0.25) is 0 Å². The fourth-order valence-corrected chi connectivity index (χ4v) is 9.33. The highest BCUT2D eigenvalue weighted by atomic mass is 16.3. The molecular formula is C56H91N17O13. The van der Waals surface area contributed by atoms with Crippen LogP contribution >= 0.6 is 0 Å². The van der Waals surface area contributed by atoms with E-state index >= 15 is 0 Å². The second-order valence-corrected chi connectivity index (χ2v) is 21.9. The topological polar surface area (TPSA) is 553 Å². The summed E-state index contributed by atoms with van der Waals surface area (Å²) in [4.78, 5) is 156. The first-order valence-electron chi connectivity index (χ1n) is 28.6. The predicted octanol–water partition coefficient (Wildman–Crippen LogP) is -2.89. The zero-order valence-corrected chi connectivity index (χ0v) is 49.6. The number of aromatic hydroxyl groups is 1. The monoisotopic (exact) mass is 1210 g/mol. The molecule has 86 heavy (non-hydrogen) atoms. The van der Waals surface area contributed by atoms with Crippen molar-refractivity contribution in [1.29, 1.82) is 0 Å². The van der Waals surface area contributed by atoms with Crippen LogP contribution in [0.4, 0.5) is 0 Å². The number of carbonyl (C=O) groups is 10. The molecule has 30 heteroatoms. The molecule has 478 valence electrons. The second-order valence-electron chi connectivity index (χ2n) is 21.9. The number of nitrogens with zero attached hydrogens (tertiary/aromatic N) is 4. The van der Waals surface area contributed by atoms with Crippen LogP contribution in [0.3, 0.4) is 0 Å². The van der Waals surface area contributed by atoms with Crippen molar-refractivity contribution >= 4 is 76.5 Å². The molecular weight excluding hydrogens is 1120 g/mol. The van der Waals surface area contributed by atoms with E-state index < -0.39 is 151 Å². The van der Waals surface area contributed by atoms with Gasteiger partial charge in [0.25, 0.3) is 0 Å². The number of hydrogen-bond acceptors (Lipinski definition) is 17. The molecule has 0 saturated carbocycles. The van der Waals surface area contributed by atoms with Crippen LogP contribution in [0.5, 0.6) is 5.75 Å². The lowest BCUT2D eigenvalue weighted by molar-refractivity contribution is -0.138. The van der Waals surface area contributed by atoms with E-state index in [2.05, 4.69) is 46.2 Å². The van der Waals surface area contributed by atoms with Gasteiger partial charge in [-0.25, -0.2) is 4.98 Å². The molecule has 2 rings (SSSR count). The molecule has 0 aliphatic carbocycles. The summed E-state index contributed by atoms with van der Waals surface area (Å²) in [6, 6.07) is 0.0172. The number of hydrogen-bond donors (Lipinski definition) is 16. The largest absolute Gasteiger partial charge is 0.508 e. The lowest BCUT2D eigenvalue weighted by Gasteiger charge is -2.28. The number of aliphatic imine (C=N–C) groups is 3. The van der Waals surface area contributed by atoms with Gasteiger partial charge < -0.3 is 87.4 Å². The van der Waals surface area contributed by atoms with Crippen molar-refractivity contribution in [3.05, 3.63) is 48.0 Å². The van der Waals surface area contributed by atoms with Crippen LogP contribution in [-0.4, -0.2) is 158 Å². The summed E-state index contributed by atoms with van der Waals surface area (Å²) in [5.74, 6) is -14.2.